The number of amides is 1. The van der Waals surface area contributed by atoms with Gasteiger partial charge in [0, 0.05) is 17.5 Å². The number of hydrogen-bond acceptors (Lipinski definition) is 5. The fraction of sp³-hybridized carbons (Fsp3) is 0.500. The first-order chi connectivity index (χ1) is 9.83. The maximum atomic E-state index is 12.3. The van der Waals surface area contributed by atoms with E-state index in [1.54, 1.807) is 0 Å². The van der Waals surface area contributed by atoms with Crippen LogP contribution in [0.2, 0.25) is 0 Å². The number of nitrogens with one attached hydrogen (secondary N) is 1. The smallest absolute Gasteiger partial charge is 0.251 e. The van der Waals surface area contributed by atoms with Crippen LogP contribution in [0.1, 0.15) is 29.6 Å². The monoisotopic (exact) mass is 310 g/mol. The number of nitrogen functional groups attached to an aromatic ring is 1. The van der Waals surface area contributed by atoms with E-state index in [1.165, 1.54) is 18.2 Å². The zero-order valence-electron chi connectivity index (χ0n) is 11.7. The summed E-state index contributed by atoms with van der Waals surface area (Å²) in [5.74, 6) is -0.312. The Morgan fingerprint density at radius 2 is 2.10 bits per heavy atom. The van der Waals surface area contributed by atoms with Crippen molar-refractivity contribution in [2.75, 3.05) is 12.0 Å². The fourth-order valence-corrected chi connectivity index (χ4v) is 3.70. The van der Waals surface area contributed by atoms with Gasteiger partial charge in [-0.2, -0.15) is 0 Å². The first kappa shape index (κ1) is 14.3. The van der Waals surface area contributed by atoms with Gasteiger partial charge in [0.1, 0.15) is 0 Å². The zero-order chi connectivity index (χ0) is 15.2. The molecular weight excluding hydrogens is 292 g/mol. The summed E-state index contributed by atoms with van der Waals surface area (Å²) in [6.45, 7) is 0. The zero-order valence-corrected chi connectivity index (χ0v) is 12.5. The molecule has 3 rings (SSSR count). The molecule has 0 aromatic heterocycles. The second-order valence-electron chi connectivity index (χ2n) is 5.75. The molecule has 3 unspecified atom stereocenters. The Balaban J connectivity index is 1.80. The highest BCUT2D eigenvalue weighted by Crippen LogP contribution is 2.34. The van der Waals surface area contributed by atoms with Crippen molar-refractivity contribution in [3.8, 4) is 0 Å². The first-order valence-electron chi connectivity index (χ1n) is 6.90. The number of fused-ring (bicyclic) bond motifs is 2. The third kappa shape index (κ3) is 2.89. The van der Waals surface area contributed by atoms with Crippen LogP contribution in [0.15, 0.2) is 23.1 Å². The summed E-state index contributed by atoms with van der Waals surface area (Å²) in [4.78, 5) is 12.3. The van der Waals surface area contributed by atoms with Gasteiger partial charge in [0.05, 0.1) is 23.1 Å². The first-order valence-corrected chi connectivity index (χ1v) is 8.79. The molecule has 2 heterocycles. The lowest BCUT2D eigenvalue weighted by atomic mass is 9.95. The standard InChI is InChI=1S/C14H18N2O4S/c1-21(18,19)11-5-8(4-9(15)6-11)14(17)16-12-7-10-2-3-13(12)20-10/h4-6,10,12-13H,2-3,7,15H2,1H3,(H,16,17). The number of sulfone groups is 1. The van der Waals surface area contributed by atoms with E-state index in [0.717, 1.165) is 25.5 Å². The summed E-state index contributed by atoms with van der Waals surface area (Å²) < 4.78 is 28.9. The van der Waals surface area contributed by atoms with Crippen molar-refractivity contribution in [1.29, 1.82) is 0 Å². The van der Waals surface area contributed by atoms with E-state index in [2.05, 4.69) is 5.32 Å². The van der Waals surface area contributed by atoms with Gasteiger partial charge >= 0.3 is 0 Å². The quantitative estimate of drug-likeness (QED) is 0.802. The summed E-state index contributed by atoms with van der Waals surface area (Å²) in [5.41, 5.74) is 6.21. The molecule has 0 saturated carbocycles. The van der Waals surface area contributed by atoms with Crippen LogP contribution in [0, 0.1) is 0 Å². The molecule has 2 fully saturated rings. The highest BCUT2D eigenvalue weighted by Gasteiger charge is 2.41. The Hall–Kier alpha value is -1.60. The van der Waals surface area contributed by atoms with E-state index in [-0.39, 0.29) is 40.3 Å². The van der Waals surface area contributed by atoms with E-state index >= 15 is 0 Å². The van der Waals surface area contributed by atoms with E-state index in [9.17, 15) is 13.2 Å². The minimum Gasteiger partial charge on any atom is -0.399 e. The highest BCUT2D eigenvalue weighted by atomic mass is 32.2. The normalized spacial score (nSPS) is 27.8. The lowest BCUT2D eigenvalue weighted by Gasteiger charge is -2.20. The van der Waals surface area contributed by atoms with Gasteiger partial charge in [-0.25, -0.2) is 8.42 Å². The van der Waals surface area contributed by atoms with Crippen LogP contribution < -0.4 is 11.1 Å². The number of ether oxygens (including phenoxy) is 1. The molecule has 2 bridgehead atoms. The van der Waals surface area contributed by atoms with Gasteiger partial charge in [-0.15, -0.1) is 0 Å². The van der Waals surface area contributed by atoms with Crippen LogP contribution in [0.3, 0.4) is 0 Å². The van der Waals surface area contributed by atoms with Gasteiger partial charge in [-0.3, -0.25) is 4.79 Å². The van der Waals surface area contributed by atoms with Crippen LogP contribution in [0.4, 0.5) is 5.69 Å². The molecule has 21 heavy (non-hydrogen) atoms. The predicted octanol–water partition coefficient (Wildman–Crippen LogP) is 0.722. The molecule has 0 aliphatic carbocycles. The van der Waals surface area contributed by atoms with Crippen molar-refractivity contribution < 1.29 is 17.9 Å². The third-order valence-corrected chi connectivity index (χ3v) is 5.13. The SMILES string of the molecule is CS(=O)(=O)c1cc(N)cc(C(=O)NC2CC3CCC2O3)c1. The Morgan fingerprint density at radius 1 is 1.33 bits per heavy atom. The Kier molecular flexibility index (Phi) is 3.41. The van der Waals surface area contributed by atoms with E-state index < -0.39 is 9.84 Å². The Morgan fingerprint density at radius 3 is 2.67 bits per heavy atom. The molecular formula is C14H18N2O4S. The summed E-state index contributed by atoms with van der Waals surface area (Å²) in [7, 11) is -3.40. The van der Waals surface area contributed by atoms with Gasteiger partial charge in [0.15, 0.2) is 9.84 Å². The second kappa shape index (κ2) is 4.99. The second-order valence-corrected chi connectivity index (χ2v) is 7.77. The number of rotatable bonds is 3. The molecule has 0 spiro atoms. The maximum Gasteiger partial charge on any atom is 0.251 e. The minimum atomic E-state index is -3.40. The lowest BCUT2D eigenvalue weighted by Crippen LogP contribution is -2.41. The van der Waals surface area contributed by atoms with Gasteiger partial charge in [-0.1, -0.05) is 0 Å². The van der Waals surface area contributed by atoms with E-state index in [1.807, 2.05) is 0 Å². The predicted molar refractivity (Wildman–Crippen MR) is 77.7 cm³/mol. The maximum absolute atomic E-state index is 12.3. The van der Waals surface area contributed by atoms with Crippen LogP contribution in [-0.4, -0.2) is 38.8 Å². The van der Waals surface area contributed by atoms with Crippen LogP contribution >= 0.6 is 0 Å². The van der Waals surface area contributed by atoms with Crippen LogP contribution in [0.25, 0.3) is 0 Å². The number of anilines is 1. The molecule has 2 aliphatic heterocycles. The van der Waals surface area contributed by atoms with Crippen LogP contribution in [-0.2, 0) is 14.6 Å². The average Bonchev–Trinajstić information content (AvgIpc) is 2.99. The summed E-state index contributed by atoms with van der Waals surface area (Å²) in [6.07, 6.45) is 4.24. The molecule has 114 valence electrons. The number of hydrogen-bond donors (Lipinski definition) is 2. The van der Waals surface area contributed by atoms with Gasteiger partial charge in [0.25, 0.3) is 5.91 Å². The molecule has 3 N–H and O–H groups in total. The molecule has 6 nitrogen and oxygen atoms in total. The van der Waals surface area contributed by atoms with Gasteiger partial charge in [-0.05, 0) is 37.5 Å². The summed E-state index contributed by atoms with van der Waals surface area (Å²) in [6, 6.07) is 4.19. The lowest BCUT2D eigenvalue weighted by molar-refractivity contribution is 0.0841. The Labute approximate surface area is 123 Å². The van der Waals surface area contributed by atoms with E-state index in [4.69, 9.17) is 10.5 Å². The highest BCUT2D eigenvalue weighted by molar-refractivity contribution is 7.90. The van der Waals surface area contributed by atoms with Gasteiger partial charge < -0.3 is 15.8 Å². The van der Waals surface area contributed by atoms with Crippen molar-refractivity contribution in [2.24, 2.45) is 0 Å². The van der Waals surface area contributed by atoms with Crippen molar-refractivity contribution in [1.82, 2.24) is 5.32 Å². The number of benzene rings is 1. The number of carbonyl (C=O) groups is 1. The molecule has 2 aliphatic rings. The fourth-order valence-electron chi connectivity index (χ4n) is 3.01. The average molecular weight is 310 g/mol. The summed E-state index contributed by atoms with van der Waals surface area (Å²) in [5, 5.41) is 2.92. The van der Waals surface area contributed by atoms with E-state index in [0.29, 0.717) is 0 Å². The molecule has 3 atom stereocenters. The minimum absolute atomic E-state index is 0.000589. The number of carbonyl (C=O) groups excluding carboxylic acids is 1. The topological polar surface area (TPSA) is 98.5 Å². The van der Waals surface area contributed by atoms with Crippen molar-refractivity contribution in [3.63, 3.8) is 0 Å². The molecule has 1 amide bonds. The molecule has 0 radical (unpaired) electrons. The molecule has 2 saturated heterocycles. The Bertz CT molecular complexity index is 686. The van der Waals surface area contributed by atoms with Crippen LogP contribution in [0.5, 0.6) is 0 Å². The van der Waals surface area contributed by atoms with Gasteiger partial charge in [0.2, 0.25) is 0 Å². The largest absolute Gasteiger partial charge is 0.399 e. The van der Waals surface area contributed by atoms with Crippen molar-refractivity contribution in [3.05, 3.63) is 23.8 Å². The summed E-state index contributed by atoms with van der Waals surface area (Å²) >= 11 is 0. The molecule has 1 aromatic rings. The third-order valence-electron chi connectivity index (χ3n) is 4.04. The van der Waals surface area contributed by atoms with Crippen molar-refractivity contribution in [2.45, 2.75) is 42.4 Å². The molecule has 1 aromatic carbocycles. The number of nitrogens with two attached hydrogens (primary N) is 1. The van der Waals surface area contributed by atoms with Crippen molar-refractivity contribution >= 4 is 21.4 Å². The molecule has 7 heteroatoms.